The molecular formula is C17H17FN2O4S. The summed E-state index contributed by atoms with van der Waals surface area (Å²) >= 11 is 1.68. The van der Waals surface area contributed by atoms with Crippen molar-refractivity contribution in [1.82, 2.24) is 5.32 Å². The number of nitro groups is 1. The van der Waals surface area contributed by atoms with Crippen LogP contribution in [0.2, 0.25) is 0 Å². The Kier molecular flexibility index (Phi) is 7.21. The molecule has 0 fully saturated rings. The number of carbonyl (C=O) groups excluding carboxylic acids is 1. The normalized spacial score (nSPS) is 10.3. The molecule has 0 aliphatic heterocycles. The highest BCUT2D eigenvalue weighted by Crippen LogP contribution is 2.27. The van der Waals surface area contributed by atoms with Crippen molar-refractivity contribution in [2.75, 3.05) is 18.9 Å². The molecule has 0 unspecified atom stereocenters. The lowest BCUT2D eigenvalue weighted by Crippen LogP contribution is -2.30. The molecule has 1 amide bonds. The molecule has 6 nitrogen and oxygen atoms in total. The lowest BCUT2D eigenvalue weighted by molar-refractivity contribution is -0.385. The first-order valence-corrected chi connectivity index (χ1v) is 8.67. The monoisotopic (exact) mass is 364 g/mol. The van der Waals surface area contributed by atoms with E-state index < -0.39 is 23.3 Å². The summed E-state index contributed by atoms with van der Waals surface area (Å²) in [6, 6.07) is 12.8. The van der Waals surface area contributed by atoms with Gasteiger partial charge in [-0.25, -0.2) is 4.39 Å². The minimum absolute atomic E-state index is 0.265. The van der Waals surface area contributed by atoms with E-state index in [0.29, 0.717) is 6.54 Å². The number of thioether (sulfide) groups is 1. The van der Waals surface area contributed by atoms with Gasteiger partial charge in [0.2, 0.25) is 5.75 Å². The maximum atomic E-state index is 13.2. The summed E-state index contributed by atoms with van der Waals surface area (Å²) in [7, 11) is 0. The van der Waals surface area contributed by atoms with Crippen molar-refractivity contribution < 1.29 is 18.8 Å². The Balaban J connectivity index is 1.69. The maximum absolute atomic E-state index is 13.2. The predicted octanol–water partition coefficient (Wildman–Crippen LogP) is 3.16. The Morgan fingerprint density at radius 3 is 2.72 bits per heavy atom. The Hall–Kier alpha value is -2.61. The molecule has 0 aromatic heterocycles. The molecule has 0 atom stereocenters. The van der Waals surface area contributed by atoms with Gasteiger partial charge in [-0.05, 0) is 11.6 Å². The molecule has 0 saturated heterocycles. The van der Waals surface area contributed by atoms with E-state index in [0.717, 1.165) is 29.7 Å². The fourth-order valence-electron chi connectivity index (χ4n) is 1.98. The molecule has 2 rings (SSSR count). The van der Waals surface area contributed by atoms with Crippen LogP contribution in [0.4, 0.5) is 10.1 Å². The molecule has 0 bridgehead atoms. The summed E-state index contributed by atoms with van der Waals surface area (Å²) in [5, 5.41) is 13.5. The van der Waals surface area contributed by atoms with Crippen molar-refractivity contribution in [3.8, 4) is 5.75 Å². The van der Waals surface area contributed by atoms with Crippen LogP contribution in [0.25, 0.3) is 0 Å². The van der Waals surface area contributed by atoms with Crippen LogP contribution in [0.3, 0.4) is 0 Å². The molecule has 25 heavy (non-hydrogen) atoms. The van der Waals surface area contributed by atoms with E-state index in [1.807, 2.05) is 30.3 Å². The van der Waals surface area contributed by atoms with Gasteiger partial charge in [0.25, 0.3) is 5.91 Å². The molecule has 0 radical (unpaired) electrons. The Bertz CT molecular complexity index is 728. The van der Waals surface area contributed by atoms with Crippen LogP contribution in [0.5, 0.6) is 5.75 Å². The van der Waals surface area contributed by atoms with Crippen molar-refractivity contribution >= 4 is 23.4 Å². The summed E-state index contributed by atoms with van der Waals surface area (Å²) in [6.45, 7) is 0.0403. The molecule has 8 heteroatoms. The maximum Gasteiger partial charge on any atom is 0.311 e. The molecule has 0 aliphatic carbocycles. The summed E-state index contributed by atoms with van der Waals surface area (Å²) in [5.74, 6) is 0.222. The van der Waals surface area contributed by atoms with Gasteiger partial charge in [0.1, 0.15) is 5.82 Å². The first-order chi connectivity index (χ1) is 12.1. The first-order valence-electron chi connectivity index (χ1n) is 7.51. The second-order valence-electron chi connectivity index (χ2n) is 5.05. The van der Waals surface area contributed by atoms with Gasteiger partial charge in [0.15, 0.2) is 6.61 Å². The fourth-order valence-corrected chi connectivity index (χ4v) is 2.79. The van der Waals surface area contributed by atoms with E-state index in [1.54, 1.807) is 11.8 Å². The number of nitrogens with one attached hydrogen (secondary N) is 1. The Morgan fingerprint density at radius 2 is 2.00 bits per heavy atom. The molecule has 1 N–H and O–H groups in total. The van der Waals surface area contributed by atoms with Gasteiger partial charge in [-0.15, -0.1) is 0 Å². The van der Waals surface area contributed by atoms with Gasteiger partial charge in [-0.2, -0.15) is 11.8 Å². The van der Waals surface area contributed by atoms with Crippen molar-refractivity contribution in [2.24, 2.45) is 0 Å². The number of nitrogens with zero attached hydrogens (tertiary/aromatic N) is 1. The third-order valence-corrected chi connectivity index (χ3v) is 4.19. The van der Waals surface area contributed by atoms with Crippen molar-refractivity contribution in [2.45, 2.75) is 5.75 Å². The van der Waals surface area contributed by atoms with E-state index in [2.05, 4.69) is 5.32 Å². The van der Waals surface area contributed by atoms with Gasteiger partial charge >= 0.3 is 5.69 Å². The average Bonchev–Trinajstić information content (AvgIpc) is 2.60. The number of hydrogen-bond acceptors (Lipinski definition) is 5. The number of carbonyl (C=O) groups is 1. The number of hydrogen-bond donors (Lipinski definition) is 1. The first kappa shape index (κ1) is 18.7. The lowest BCUT2D eigenvalue weighted by atomic mass is 10.2. The van der Waals surface area contributed by atoms with Crippen LogP contribution in [0.1, 0.15) is 5.56 Å². The number of nitro benzene ring substituents is 1. The molecule has 0 spiro atoms. The summed E-state index contributed by atoms with van der Waals surface area (Å²) in [5.41, 5.74) is 0.827. The van der Waals surface area contributed by atoms with E-state index in [-0.39, 0.29) is 11.4 Å². The predicted molar refractivity (Wildman–Crippen MR) is 94.2 cm³/mol. The highest BCUT2D eigenvalue weighted by atomic mass is 32.2. The Morgan fingerprint density at radius 1 is 1.24 bits per heavy atom. The highest BCUT2D eigenvalue weighted by molar-refractivity contribution is 7.98. The minimum Gasteiger partial charge on any atom is -0.477 e. The molecule has 0 aliphatic rings. The van der Waals surface area contributed by atoms with Gasteiger partial charge in [0, 0.05) is 30.2 Å². The fraction of sp³-hybridized carbons (Fsp3) is 0.235. The van der Waals surface area contributed by atoms with E-state index >= 15 is 0 Å². The third-order valence-electron chi connectivity index (χ3n) is 3.16. The lowest BCUT2D eigenvalue weighted by Gasteiger charge is -2.08. The molecule has 2 aromatic rings. The molecule has 0 saturated carbocycles. The molecular weight excluding hydrogens is 347 g/mol. The number of amides is 1. The zero-order valence-electron chi connectivity index (χ0n) is 13.3. The SMILES string of the molecule is O=C(COc1cc(F)ccc1[N+](=O)[O-])NCCSCc1ccccc1. The minimum atomic E-state index is -0.688. The second-order valence-corrected chi connectivity index (χ2v) is 6.15. The zero-order valence-corrected chi connectivity index (χ0v) is 14.1. The second kappa shape index (κ2) is 9.63. The number of halogens is 1. The Labute approximate surface area is 148 Å². The van der Waals surface area contributed by atoms with Crippen molar-refractivity contribution in [1.29, 1.82) is 0 Å². The van der Waals surface area contributed by atoms with Crippen molar-refractivity contribution in [3.05, 3.63) is 70.0 Å². The highest BCUT2D eigenvalue weighted by Gasteiger charge is 2.16. The van der Waals surface area contributed by atoms with Crippen molar-refractivity contribution in [3.63, 3.8) is 0 Å². The third kappa shape index (κ3) is 6.42. The summed E-state index contributed by atoms with van der Waals surface area (Å²) < 4.78 is 18.2. The summed E-state index contributed by atoms with van der Waals surface area (Å²) in [4.78, 5) is 21.9. The molecule has 2 aromatic carbocycles. The van der Waals surface area contributed by atoms with Gasteiger partial charge in [-0.1, -0.05) is 30.3 Å². The van der Waals surface area contributed by atoms with Crippen LogP contribution < -0.4 is 10.1 Å². The topological polar surface area (TPSA) is 81.5 Å². The quantitative estimate of drug-likeness (QED) is 0.420. The number of ether oxygens (including phenoxy) is 1. The number of benzene rings is 2. The zero-order chi connectivity index (χ0) is 18.1. The van der Waals surface area contributed by atoms with Crippen LogP contribution >= 0.6 is 11.8 Å². The van der Waals surface area contributed by atoms with E-state index in [4.69, 9.17) is 4.74 Å². The van der Waals surface area contributed by atoms with Crippen LogP contribution in [0, 0.1) is 15.9 Å². The van der Waals surface area contributed by atoms with E-state index in [9.17, 15) is 19.3 Å². The largest absolute Gasteiger partial charge is 0.477 e. The number of rotatable bonds is 9. The summed E-state index contributed by atoms with van der Waals surface area (Å²) in [6.07, 6.45) is 0. The van der Waals surface area contributed by atoms with Crippen LogP contribution in [0.15, 0.2) is 48.5 Å². The van der Waals surface area contributed by atoms with Gasteiger partial charge in [0.05, 0.1) is 4.92 Å². The molecule has 132 valence electrons. The van der Waals surface area contributed by atoms with E-state index in [1.165, 1.54) is 5.56 Å². The molecule has 0 heterocycles. The van der Waals surface area contributed by atoms with Crippen LogP contribution in [-0.4, -0.2) is 29.7 Å². The smallest absolute Gasteiger partial charge is 0.311 e. The van der Waals surface area contributed by atoms with Crippen LogP contribution in [-0.2, 0) is 10.5 Å². The van der Waals surface area contributed by atoms with Gasteiger partial charge < -0.3 is 10.1 Å². The van der Waals surface area contributed by atoms with Gasteiger partial charge in [-0.3, -0.25) is 14.9 Å². The standard InChI is InChI=1S/C17H17FN2O4S/c18-14-6-7-15(20(22)23)16(10-14)24-11-17(21)19-8-9-25-12-13-4-2-1-3-5-13/h1-7,10H,8-9,11-12H2,(H,19,21). The average molecular weight is 364 g/mol.